The van der Waals surface area contributed by atoms with Gasteiger partial charge in [0.05, 0.1) is 11.0 Å². The fourth-order valence-corrected chi connectivity index (χ4v) is 6.53. The maximum atomic E-state index is 13.1. The average Bonchev–Trinajstić information content (AvgIpc) is 3.34. The summed E-state index contributed by atoms with van der Waals surface area (Å²) >= 11 is 0. The molecule has 8 heteroatoms. The molecule has 3 bridgehead atoms. The van der Waals surface area contributed by atoms with Crippen molar-refractivity contribution in [1.82, 2.24) is 30.5 Å². The molecule has 1 N–H and O–H groups in total. The van der Waals surface area contributed by atoms with E-state index in [9.17, 15) is 4.79 Å². The second-order valence-corrected chi connectivity index (χ2v) is 9.86. The largest absolute Gasteiger partial charge is 0.420 e. The Morgan fingerprint density at radius 3 is 2.94 bits per heavy atom. The van der Waals surface area contributed by atoms with Crippen LogP contribution in [0.1, 0.15) is 67.0 Å². The summed E-state index contributed by atoms with van der Waals surface area (Å²) in [5, 5.41) is 12.3. The van der Waals surface area contributed by atoms with Gasteiger partial charge < -0.3 is 9.73 Å². The van der Waals surface area contributed by atoms with Crippen LogP contribution in [0, 0.1) is 18.8 Å². The van der Waals surface area contributed by atoms with Crippen LogP contribution >= 0.6 is 0 Å². The van der Waals surface area contributed by atoms with Gasteiger partial charge in [-0.25, -0.2) is 9.97 Å². The van der Waals surface area contributed by atoms with Gasteiger partial charge in [-0.05, 0) is 69.1 Å². The van der Waals surface area contributed by atoms with Crippen LogP contribution in [0.3, 0.4) is 0 Å². The predicted molar refractivity (Wildman–Crippen MR) is 115 cm³/mol. The lowest BCUT2D eigenvalue weighted by Gasteiger charge is -2.35. The predicted octanol–water partition coefficient (Wildman–Crippen LogP) is 3.64. The average molecular weight is 431 g/mol. The van der Waals surface area contributed by atoms with Gasteiger partial charge in [0, 0.05) is 23.6 Å². The summed E-state index contributed by atoms with van der Waals surface area (Å²) in [6, 6.07) is 5.59. The van der Waals surface area contributed by atoms with Crippen LogP contribution in [-0.2, 0) is 5.41 Å². The zero-order valence-electron chi connectivity index (χ0n) is 18.1. The number of hydrogen-bond acceptors (Lipinski definition) is 7. The quantitative estimate of drug-likeness (QED) is 0.673. The summed E-state index contributed by atoms with van der Waals surface area (Å²) in [6.07, 6.45) is 12.1. The minimum atomic E-state index is -0.257. The van der Waals surface area contributed by atoms with E-state index in [1.165, 1.54) is 12.7 Å². The Morgan fingerprint density at radius 2 is 2.12 bits per heavy atom. The Hall–Kier alpha value is -3.16. The molecule has 0 radical (unpaired) electrons. The van der Waals surface area contributed by atoms with Gasteiger partial charge in [0.25, 0.3) is 5.91 Å². The van der Waals surface area contributed by atoms with Crippen LogP contribution in [0.5, 0.6) is 0 Å². The van der Waals surface area contributed by atoms with Crippen LogP contribution in [0.4, 0.5) is 0 Å². The number of aromatic nitrogens is 5. The zero-order valence-corrected chi connectivity index (χ0v) is 18.1. The van der Waals surface area contributed by atoms with Gasteiger partial charge in [0.1, 0.15) is 12.0 Å². The molecule has 3 aliphatic carbocycles. The molecule has 32 heavy (non-hydrogen) atoms. The number of amides is 1. The van der Waals surface area contributed by atoms with Gasteiger partial charge in [-0.15, -0.1) is 10.2 Å². The molecule has 164 valence electrons. The molecule has 0 aromatic carbocycles. The van der Waals surface area contributed by atoms with E-state index in [4.69, 9.17) is 4.42 Å². The zero-order chi connectivity index (χ0) is 21.8. The van der Waals surface area contributed by atoms with Crippen molar-refractivity contribution in [2.24, 2.45) is 11.8 Å². The number of rotatable bonds is 4. The third-order valence-corrected chi connectivity index (χ3v) is 7.82. The van der Waals surface area contributed by atoms with E-state index in [0.717, 1.165) is 49.8 Å². The highest BCUT2D eigenvalue weighted by molar-refractivity contribution is 5.92. The van der Waals surface area contributed by atoms with Gasteiger partial charge in [-0.3, -0.25) is 9.78 Å². The van der Waals surface area contributed by atoms with Crippen molar-refractivity contribution in [3.63, 3.8) is 0 Å². The second kappa shape index (κ2) is 7.18. The first-order valence-electron chi connectivity index (χ1n) is 11.4. The molecule has 4 unspecified atom stereocenters. The fraction of sp³-hybridized carbons (Fsp3) is 0.500. The van der Waals surface area contributed by atoms with Crippen molar-refractivity contribution in [2.45, 2.75) is 62.8 Å². The highest BCUT2D eigenvalue weighted by Crippen LogP contribution is 2.62. The van der Waals surface area contributed by atoms with E-state index in [1.54, 1.807) is 18.5 Å². The van der Waals surface area contributed by atoms with Crippen LogP contribution in [0.25, 0.3) is 11.5 Å². The Bertz CT molecular complexity index is 1150. The molecule has 3 aromatic heterocycles. The van der Waals surface area contributed by atoms with E-state index in [0.29, 0.717) is 29.3 Å². The molecule has 6 rings (SSSR count). The summed E-state index contributed by atoms with van der Waals surface area (Å²) < 4.78 is 6.27. The lowest BCUT2D eigenvalue weighted by Crippen LogP contribution is -2.51. The molecule has 3 fully saturated rings. The fourth-order valence-electron chi connectivity index (χ4n) is 6.53. The van der Waals surface area contributed by atoms with Crippen LogP contribution < -0.4 is 5.32 Å². The van der Waals surface area contributed by atoms with Crippen LogP contribution in [0.15, 0.2) is 41.3 Å². The van der Waals surface area contributed by atoms with Crippen molar-refractivity contribution >= 4 is 5.91 Å². The lowest BCUT2D eigenvalue weighted by atomic mass is 9.69. The minimum Gasteiger partial charge on any atom is -0.420 e. The lowest BCUT2D eigenvalue weighted by molar-refractivity contribution is 0.0856. The third-order valence-electron chi connectivity index (χ3n) is 7.82. The molecule has 3 saturated carbocycles. The first-order valence-corrected chi connectivity index (χ1v) is 11.4. The SMILES string of the molecule is Cc1ccc(-c2nnc(C34CC5CCCC(NC(=O)c6ccncn6)(C3)C(C5)C4)o2)cn1. The minimum absolute atomic E-state index is 0.120. The highest BCUT2D eigenvalue weighted by Gasteiger charge is 2.62. The summed E-state index contributed by atoms with van der Waals surface area (Å²) in [5.41, 5.74) is 1.76. The van der Waals surface area contributed by atoms with Crippen LogP contribution in [-0.4, -0.2) is 36.6 Å². The number of aryl methyl sites for hydroxylation is 1. The van der Waals surface area contributed by atoms with Gasteiger partial charge in [-0.2, -0.15) is 0 Å². The van der Waals surface area contributed by atoms with E-state index in [1.807, 2.05) is 19.1 Å². The maximum absolute atomic E-state index is 13.1. The third kappa shape index (κ3) is 3.12. The number of carbonyl (C=O) groups is 1. The van der Waals surface area contributed by atoms with E-state index < -0.39 is 0 Å². The molecule has 0 saturated heterocycles. The standard InChI is InChI=1S/C24H26N6O2/c1-15-4-5-17(12-26-15)21-29-30-22(32-21)23-10-16-3-2-7-24(13-23,18(9-16)11-23)28-20(31)19-6-8-25-14-27-19/h4-6,8,12,14,16,18H,2-3,7,9-11,13H2,1H3,(H,28,31). The number of nitrogens with zero attached hydrogens (tertiary/aromatic N) is 5. The Kier molecular flexibility index (Phi) is 4.38. The van der Waals surface area contributed by atoms with E-state index in [2.05, 4.69) is 30.5 Å². The monoisotopic (exact) mass is 430 g/mol. The molecule has 3 aliphatic rings. The Morgan fingerprint density at radius 1 is 1.19 bits per heavy atom. The molecule has 8 nitrogen and oxygen atoms in total. The first-order chi connectivity index (χ1) is 15.6. The molecular weight excluding hydrogens is 404 g/mol. The normalized spacial score (nSPS) is 30.8. The molecule has 4 atom stereocenters. The smallest absolute Gasteiger partial charge is 0.270 e. The molecule has 0 spiro atoms. The number of carbonyl (C=O) groups excluding carboxylic acids is 1. The molecule has 3 aromatic rings. The van der Waals surface area contributed by atoms with Gasteiger partial charge in [0.15, 0.2) is 0 Å². The number of hydrogen-bond donors (Lipinski definition) is 1. The van der Waals surface area contributed by atoms with E-state index in [-0.39, 0.29) is 16.9 Å². The molecular formula is C24H26N6O2. The van der Waals surface area contributed by atoms with Gasteiger partial charge in [-0.1, -0.05) is 12.8 Å². The van der Waals surface area contributed by atoms with E-state index >= 15 is 0 Å². The molecule has 3 heterocycles. The topological polar surface area (TPSA) is 107 Å². The van der Waals surface area contributed by atoms with Crippen molar-refractivity contribution < 1.29 is 9.21 Å². The van der Waals surface area contributed by atoms with Gasteiger partial charge >= 0.3 is 0 Å². The van der Waals surface area contributed by atoms with Crippen molar-refractivity contribution in [3.8, 4) is 11.5 Å². The summed E-state index contributed by atoms with van der Waals surface area (Å²) in [5.74, 6) is 2.14. The van der Waals surface area contributed by atoms with Crippen LogP contribution in [0.2, 0.25) is 0 Å². The Balaban J connectivity index is 1.33. The first kappa shape index (κ1) is 19.5. The molecule has 0 aliphatic heterocycles. The maximum Gasteiger partial charge on any atom is 0.270 e. The number of pyridine rings is 1. The Labute approximate surface area is 186 Å². The summed E-state index contributed by atoms with van der Waals surface area (Å²) in [7, 11) is 0. The summed E-state index contributed by atoms with van der Waals surface area (Å²) in [4.78, 5) is 25.5. The van der Waals surface area contributed by atoms with Gasteiger partial charge in [0.2, 0.25) is 11.8 Å². The number of nitrogens with one attached hydrogen (secondary N) is 1. The summed E-state index contributed by atoms with van der Waals surface area (Å²) in [6.45, 7) is 1.96. The van der Waals surface area contributed by atoms with Crippen molar-refractivity contribution in [2.75, 3.05) is 0 Å². The highest BCUT2D eigenvalue weighted by atomic mass is 16.4. The van der Waals surface area contributed by atoms with Crippen molar-refractivity contribution in [1.29, 1.82) is 0 Å². The molecule has 1 amide bonds. The van der Waals surface area contributed by atoms with Crippen molar-refractivity contribution in [3.05, 3.63) is 54.2 Å². The number of fused-ring (bicyclic) bond motifs is 2. The second-order valence-electron chi connectivity index (χ2n) is 9.86.